The first-order valence-electron chi connectivity index (χ1n) is 8.25. The summed E-state index contributed by atoms with van der Waals surface area (Å²) in [6.45, 7) is 7.21. The molecule has 0 unspecified atom stereocenters. The molecule has 1 aliphatic rings. The summed E-state index contributed by atoms with van der Waals surface area (Å²) in [6.07, 6.45) is 1.89. The molecule has 4 aromatic rings. The van der Waals surface area contributed by atoms with E-state index in [0.29, 0.717) is 0 Å². The van der Waals surface area contributed by atoms with E-state index in [1.165, 1.54) is 37.0 Å². The van der Waals surface area contributed by atoms with Gasteiger partial charge in [0.1, 0.15) is 5.65 Å². The monoisotopic (exact) mass is 346 g/mol. The number of benzene rings is 2. The van der Waals surface area contributed by atoms with E-state index in [-0.39, 0.29) is 0 Å². The van der Waals surface area contributed by atoms with Crippen LogP contribution in [-0.4, -0.2) is 17.6 Å². The van der Waals surface area contributed by atoms with Crippen LogP contribution in [0.1, 0.15) is 0 Å². The first-order valence-corrected chi connectivity index (χ1v) is 12.6. The van der Waals surface area contributed by atoms with Gasteiger partial charge >= 0.3 is 0 Å². The first-order chi connectivity index (χ1) is 11.5. The molecule has 24 heavy (non-hydrogen) atoms. The summed E-state index contributed by atoms with van der Waals surface area (Å²) in [7, 11) is -1.32. The standard InChI is InChI=1S/C20H18N2SSi/c1-24(2,3)13-9-10-16-18(12-13)23-17-8-4-6-14-15-7-5-11-21-20(15)22(16)19(14)17/h4-12H,1-3H3. The minimum absolute atomic E-state index is 1.06. The molecule has 0 bridgehead atoms. The summed E-state index contributed by atoms with van der Waals surface area (Å²) in [5.74, 6) is 0. The van der Waals surface area contributed by atoms with Crippen LogP contribution in [0, 0.1) is 0 Å². The summed E-state index contributed by atoms with van der Waals surface area (Å²) in [5.41, 5.74) is 3.62. The Labute approximate surface area is 146 Å². The maximum absolute atomic E-state index is 4.70. The van der Waals surface area contributed by atoms with Crippen LogP contribution in [-0.2, 0) is 0 Å². The zero-order chi connectivity index (χ0) is 16.5. The largest absolute Gasteiger partial charge is 0.292 e. The molecule has 118 valence electrons. The maximum Gasteiger partial charge on any atom is 0.145 e. The zero-order valence-electron chi connectivity index (χ0n) is 14.0. The van der Waals surface area contributed by atoms with E-state index >= 15 is 0 Å². The van der Waals surface area contributed by atoms with Crippen molar-refractivity contribution < 1.29 is 0 Å². The molecule has 0 atom stereocenters. The highest BCUT2D eigenvalue weighted by Gasteiger charge is 2.25. The third-order valence-electron chi connectivity index (χ3n) is 4.80. The van der Waals surface area contributed by atoms with Crippen LogP contribution in [0.3, 0.4) is 0 Å². The average molecular weight is 347 g/mol. The minimum Gasteiger partial charge on any atom is -0.292 e. The first kappa shape index (κ1) is 14.3. The third-order valence-corrected chi connectivity index (χ3v) is 7.94. The van der Waals surface area contributed by atoms with E-state index in [2.05, 4.69) is 66.7 Å². The minimum atomic E-state index is -1.32. The fourth-order valence-corrected chi connectivity index (χ4v) is 5.94. The number of hydrogen-bond acceptors (Lipinski definition) is 2. The second-order valence-corrected chi connectivity index (χ2v) is 13.6. The molecule has 4 heteroatoms. The van der Waals surface area contributed by atoms with Gasteiger partial charge in [-0.25, -0.2) is 4.98 Å². The highest BCUT2D eigenvalue weighted by Crippen LogP contribution is 2.45. The van der Waals surface area contributed by atoms with Crippen molar-refractivity contribution in [2.45, 2.75) is 29.4 Å². The average Bonchev–Trinajstić information content (AvgIpc) is 2.91. The molecule has 0 aliphatic carbocycles. The SMILES string of the molecule is C[Si](C)(C)c1ccc2c(c1)Sc1cccc3c4cccnc4n-2c13. The van der Waals surface area contributed by atoms with Gasteiger partial charge in [0.15, 0.2) is 0 Å². The summed E-state index contributed by atoms with van der Waals surface area (Å²) in [4.78, 5) is 7.37. The fraction of sp³-hybridized carbons (Fsp3) is 0.150. The van der Waals surface area contributed by atoms with Crippen LogP contribution in [0.15, 0.2) is 64.5 Å². The number of fused-ring (bicyclic) bond motifs is 5. The van der Waals surface area contributed by atoms with Crippen LogP contribution in [0.2, 0.25) is 19.6 Å². The molecular formula is C20H18N2SSi. The van der Waals surface area contributed by atoms with Crippen molar-refractivity contribution in [3.63, 3.8) is 0 Å². The lowest BCUT2D eigenvalue weighted by atomic mass is 10.2. The molecule has 0 saturated carbocycles. The van der Waals surface area contributed by atoms with Crippen LogP contribution in [0.4, 0.5) is 0 Å². The molecule has 2 nitrogen and oxygen atoms in total. The molecule has 0 radical (unpaired) electrons. The van der Waals surface area contributed by atoms with Gasteiger partial charge in [0.25, 0.3) is 0 Å². The van der Waals surface area contributed by atoms with E-state index < -0.39 is 8.07 Å². The van der Waals surface area contributed by atoms with E-state index in [4.69, 9.17) is 4.98 Å². The van der Waals surface area contributed by atoms with E-state index in [1.807, 2.05) is 24.0 Å². The fourth-order valence-electron chi connectivity index (χ4n) is 3.54. The van der Waals surface area contributed by atoms with Crippen molar-refractivity contribution in [2.24, 2.45) is 0 Å². The van der Waals surface area contributed by atoms with Crippen molar-refractivity contribution in [3.05, 3.63) is 54.7 Å². The summed E-state index contributed by atoms with van der Waals surface area (Å²) >= 11 is 1.89. The smallest absolute Gasteiger partial charge is 0.145 e. The lowest BCUT2D eigenvalue weighted by Crippen LogP contribution is -2.37. The lowest BCUT2D eigenvalue weighted by Gasteiger charge is -2.23. The number of hydrogen-bond donors (Lipinski definition) is 0. The van der Waals surface area contributed by atoms with Gasteiger partial charge in [0.05, 0.1) is 19.3 Å². The summed E-state index contributed by atoms with van der Waals surface area (Å²) in [6, 6.07) is 17.8. The lowest BCUT2D eigenvalue weighted by molar-refractivity contribution is 1.07. The Morgan fingerprint density at radius 2 is 1.75 bits per heavy atom. The van der Waals surface area contributed by atoms with Gasteiger partial charge in [-0.15, -0.1) is 0 Å². The third kappa shape index (κ3) is 1.87. The van der Waals surface area contributed by atoms with Crippen molar-refractivity contribution in [2.75, 3.05) is 0 Å². The second-order valence-electron chi connectivity index (χ2n) is 7.40. The topological polar surface area (TPSA) is 17.8 Å². The van der Waals surface area contributed by atoms with Crippen LogP contribution in [0.5, 0.6) is 0 Å². The predicted molar refractivity (Wildman–Crippen MR) is 106 cm³/mol. The molecule has 3 heterocycles. The molecule has 2 aromatic heterocycles. The molecule has 0 spiro atoms. The van der Waals surface area contributed by atoms with Crippen LogP contribution in [0.25, 0.3) is 27.6 Å². The maximum atomic E-state index is 4.70. The molecule has 0 saturated heterocycles. The van der Waals surface area contributed by atoms with Crippen molar-refractivity contribution >= 4 is 47.0 Å². The Balaban J connectivity index is 1.92. The summed E-state index contributed by atoms with van der Waals surface area (Å²) in [5, 5.41) is 4.04. The van der Waals surface area contributed by atoms with Crippen LogP contribution < -0.4 is 5.19 Å². The van der Waals surface area contributed by atoms with Gasteiger partial charge < -0.3 is 0 Å². The predicted octanol–water partition coefficient (Wildman–Crippen LogP) is 5.19. The number of rotatable bonds is 1. The van der Waals surface area contributed by atoms with Gasteiger partial charge in [-0.3, -0.25) is 4.57 Å². The number of para-hydroxylation sites is 1. The Morgan fingerprint density at radius 3 is 2.58 bits per heavy atom. The van der Waals surface area contributed by atoms with Crippen molar-refractivity contribution in [3.8, 4) is 5.69 Å². The molecule has 0 amide bonds. The van der Waals surface area contributed by atoms with Gasteiger partial charge in [-0.1, -0.05) is 54.8 Å². The van der Waals surface area contributed by atoms with Crippen LogP contribution >= 0.6 is 11.8 Å². The van der Waals surface area contributed by atoms with Gasteiger partial charge in [-0.2, -0.15) is 0 Å². The highest BCUT2D eigenvalue weighted by molar-refractivity contribution is 7.99. The Bertz CT molecular complexity index is 1120. The molecule has 0 N–H and O–H groups in total. The zero-order valence-corrected chi connectivity index (χ0v) is 15.8. The van der Waals surface area contributed by atoms with Crippen molar-refractivity contribution in [1.29, 1.82) is 0 Å². The Kier molecular flexibility index (Phi) is 2.83. The normalized spacial score (nSPS) is 13.5. The van der Waals surface area contributed by atoms with E-state index in [9.17, 15) is 0 Å². The van der Waals surface area contributed by atoms with Gasteiger partial charge in [0, 0.05) is 26.8 Å². The molecule has 2 aromatic carbocycles. The van der Waals surface area contributed by atoms with Gasteiger partial charge in [-0.05, 0) is 30.3 Å². The molecule has 1 aliphatic heterocycles. The molecular weight excluding hydrogens is 328 g/mol. The van der Waals surface area contributed by atoms with E-state index in [1.54, 1.807) is 0 Å². The van der Waals surface area contributed by atoms with Crippen molar-refractivity contribution in [1.82, 2.24) is 9.55 Å². The summed E-state index contributed by atoms with van der Waals surface area (Å²) < 4.78 is 2.35. The van der Waals surface area contributed by atoms with Gasteiger partial charge in [0.2, 0.25) is 0 Å². The molecule has 5 rings (SSSR count). The van der Waals surface area contributed by atoms with E-state index in [0.717, 1.165) is 5.65 Å². The second kappa shape index (κ2) is 4.74. The molecule has 0 fully saturated rings. The number of nitrogens with zero attached hydrogens (tertiary/aromatic N) is 2. The highest BCUT2D eigenvalue weighted by atomic mass is 32.2. The Morgan fingerprint density at radius 1 is 0.917 bits per heavy atom. The number of aromatic nitrogens is 2. The Hall–Kier alpha value is -2.04. The quantitative estimate of drug-likeness (QED) is 0.389. The number of pyridine rings is 1.